The van der Waals surface area contributed by atoms with E-state index in [1.807, 2.05) is 0 Å². The molecule has 1 N–H and O–H groups in total. The predicted molar refractivity (Wildman–Crippen MR) is 95.1 cm³/mol. The number of halogens is 1. The quantitative estimate of drug-likeness (QED) is 0.594. The first-order valence-corrected chi connectivity index (χ1v) is 7.80. The number of nitro benzene ring substituents is 2. The average Bonchev–Trinajstić information content (AvgIpc) is 2.57. The molecule has 0 aliphatic carbocycles. The molecule has 0 saturated heterocycles. The van der Waals surface area contributed by atoms with Gasteiger partial charge < -0.3 is 10.1 Å². The lowest BCUT2D eigenvalue weighted by Gasteiger charge is -2.13. The van der Waals surface area contributed by atoms with Gasteiger partial charge >= 0.3 is 0 Å². The maximum absolute atomic E-state index is 12.5. The average molecular weight is 380 g/mol. The van der Waals surface area contributed by atoms with E-state index in [0.717, 1.165) is 12.1 Å². The zero-order valence-electron chi connectivity index (χ0n) is 13.8. The molecule has 0 saturated carbocycles. The Bertz CT molecular complexity index is 865. The van der Waals surface area contributed by atoms with Crippen LogP contribution in [-0.2, 0) is 0 Å². The molecular formula is C16H14ClN3O6. The molecular weight excluding hydrogens is 366 g/mol. The number of ether oxygens (including phenoxy) is 1. The van der Waals surface area contributed by atoms with Gasteiger partial charge in [0.1, 0.15) is 5.56 Å². The van der Waals surface area contributed by atoms with Crippen LogP contribution in [0.5, 0.6) is 5.75 Å². The molecule has 2 aromatic carbocycles. The first kappa shape index (κ1) is 19.1. The van der Waals surface area contributed by atoms with Gasteiger partial charge in [-0.1, -0.05) is 17.7 Å². The van der Waals surface area contributed by atoms with Crippen LogP contribution in [0.4, 0.5) is 17.1 Å². The molecule has 26 heavy (non-hydrogen) atoms. The van der Waals surface area contributed by atoms with Gasteiger partial charge in [0.05, 0.1) is 32.7 Å². The monoisotopic (exact) mass is 379 g/mol. The van der Waals surface area contributed by atoms with Crippen LogP contribution < -0.4 is 10.1 Å². The number of para-hydroxylation sites is 1. The number of hydrogen-bond acceptors (Lipinski definition) is 6. The van der Waals surface area contributed by atoms with Gasteiger partial charge in [-0.15, -0.1) is 0 Å². The molecule has 0 atom stereocenters. The highest BCUT2D eigenvalue weighted by molar-refractivity contribution is 6.32. The van der Waals surface area contributed by atoms with Crippen LogP contribution in [0.15, 0.2) is 30.3 Å². The fraction of sp³-hybridized carbons (Fsp3) is 0.188. The van der Waals surface area contributed by atoms with Gasteiger partial charge in [-0.2, -0.15) is 0 Å². The van der Waals surface area contributed by atoms with Crippen molar-refractivity contribution in [3.05, 3.63) is 66.7 Å². The minimum absolute atomic E-state index is 0.130. The highest BCUT2D eigenvalue weighted by atomic mass is 35.5. The molecule has 0 unspecified atom stereocenters. The summed E-state index contributed by atoms with van der Waals surface area (Å²) in [5.41, 5.74) is -1.14. The summed E-state index contributed by atoms with van der Waals surface area (Å²) in [4.78, 5) is 33.2. The van der Waals surface area contributed by atoms with Crippen molar-refractivity contribution in [2.24, 2.45) is 0 Å². The summed E-state index contributed by atoms with van der Waals surface area (Å²) in [6, 6.07) is 6.67. The summed E-state index contributed by atoms with van der Waals surface area (Å²) in [5.74, 6) is -0.527. The van der Waals surface area contributed by atoms with Crippen molar-refractivity contribution in [3.63, 3.8) is 0 Å². The fourth-order valence-electron chi connectivity index (χ4n) is 2.29. The molecule has 0 heterocycles. The maximum atomic E-state index is 12.5. The Morgan fingerprint density at radius 2 is 1.77 bits per heavy atom. The number of nitrogens with zero attached hydrogens (tertiary/aromatic N) is 2. The molecule has 0 spiro atoms. The summed E-state index contributed by atoms with van der Waals surface area (Å²) in [7, 11) is 0. The Morgan fingerprint density at radius 1 is 1.19 bits per heavy atom. The van der Waals surface area contributed by atoms with Gasteiger partial charge in [0, 0.05) is 12.1 Å². The molecule has 0 radical (unpaired) electrons. The molecule has 9 nitrogen and oxygen atoms in total. The lowest BCUT2D eigenvalue weighted by Crippen LogP contribution is -2.14. The molecule has 2 rings (SSSR count). The van der Waals surface area contributed by atoms with Gasteiger partial charge in [-0.3, -0.25) is 25.0 Å². The minimum Gasteiger partial charge on any atom is -0.490 e. The van der Waals surface area contributed by atoms with Crippen LogP contribution >= 0.6 is 11.6 Å². The fourth-order valence-corrected chi connectivity index (χ4v) is 2.52. The SMILES string of the molecule is CCOc1c(Cl)cccc1NC(=O)c1cc([N+](=O)[O-])c(C)c([N+](=O)[O-])c1. The number of nitrogens with one attached hydrogen (secondary N) is 1. The predicted octanol–water partition coefficient (Wildman–Crippen LogP) is 4.12. The van der Waals surface area contributed by atoms with Crippen LogP contribution in [0, 0.1) is 27.2 Å². The number of carbonyl (C=O) groups excluding carboxylic acids is 1. The Labute approximate surface area is 152 Å². The lowest BCUT2D eigenvalue weighted by molar-refractivity contribution is -0.395. The Balaban J connectivity index is 2.47. The van der Waals surface area contributed by atoms with Crippen molar-refractivity contribution < 1.29 is 19.4 Å². The van der Waals surface area contributed by atoms with Gasteiger partial charge in [-0.25, -0.2) is 0 Å². The molecule has 2 aromatic rings. The van der Waals surface area contributed by atoms with E-state index < -0.39 is 27.1 Å². The lowest BCUT2D eigenvalue weighted by atomic mass is 10.1. The normalized spacial score (nSPS) is 10.3. The molecule has 10 heteroatoms. The van der Waals surface area contributed by atoms with Crippen LogP contribution in [-0.4, -0.2) is 22.4 Å². The standard InChI is InChI=1S/C16H14ClN3O6/c1-3-26-15-11(17)5-4-6-12(15)18-16(21)10-7-13(19(22)23)9(2)14(8-10)20(24)25/h4-8H,3H2,1-2H3,(H,18,21). The van der Waals surface area contributed by atoms with Crippen LogP contribution in [0.1, 0.15) is 22.8 Å². The molecule has 0 aliphatic rings. The number of amides is 1. The summed E-state index contributed by atoms with van der Waals surface area (Å²) in [6.45, 7) is 3.29. The molecule has 0 aliphatic heterocycles. The van der Waals surface area contributed by atoms with E-state index in [2.05, 4.69) is 5.32 Å². The van der Waals surface area contributed by atoms with Crippen molar-refractivity contribution >= 4 is 34.6 Å². The van der Waals surface area contributed by atoms with Gasteiger partial charge in [0.25, 0.3) is 17.3 Å². The highest BCUT2D eigenvalue weighted by Gasteiger charge is 2.25. The first-order valence-electron chi connectivity index (χ1n) is 7.42. The van der Waals surface area contributed by atoms with E-state index in [1.54, 1.807) is 19.1 Å². The molecule has 0 bridgehead atoms. The third-order valence-electron chi connectivity index (χ3n) is 3.51. The number of anilines is 1. The van der Waals surface area contributed by atoms with Gasteiger partial charge in [-0.05, 0) is 26.0 Å². The second-order valence-corrected chi connectivity index (χ2v) is 5.56. The van der Waals surface area contributed by atoms with E-state index in [4.69, 9.17) is 16.3 Å². The maximum Gasteiger partial charge on any atom is 0.279 e. The van der Waals surface area contributed by atoms with Crippen LogP contribution in [0.2, 0.25) is 5.02 Å². The van der Waals surface area contributed by atoms with Crippen LogP contribution in [0.3, 0.4) is 0 Å². The zero-order chi connectivity index (χ0) is 19.4. The number of carbonyl (C=O) groups is 1. The van der Waals surface area contributed by atoms with Gasteiger partial charge in [0.15, 0.2) is 5.75 Å². The molecule has 1 amide bonds. The van der Waals surface area contributed by atoms with Crippen molar-refractivity contribution in [2.75, 3.05) is 11.9 Å². The summed E-state index contributed by atoms with van der Waals surface area (Å²) in [5, 5.41) is 25.0. The Hall–Kier alpha value is -3.20. The van der Waals surface area contributed by atoms with Crippen molar-refractivity contribution in [1.29, 1.82) is 0 Å². The molecule has 0 fully saturated rings. The largest absolute Gasteiger partial charge is 0.490 e. The third-order valence-corrected chi connectivity index (χ3v) is 3.81. The summed E-state index contributed by atoms with van der Waals surface area (Å²) in [6.07, 6.45) is 0. The van der Waals surface area contributed by atoms with Crippen molar-refractivity contribution in [1.82, 2.24) is 0 Å². The number of hydrogen-bond donors (Lipinski definition) is 1. The molecule has 0 aromatic heterocycles. The van der Waals surface area contributed by atoms with Crippen molar-refractivity contribution in [3.8, 4) is 5.75 Å². The van der Waals surface area contributed by atoms with Crippen LogP contribution in [0.25, 0.3) is 0 Å². The smallest absolute Gasteiger partial charge is 0.279 e. The second kappa shape index (κ2) is 7.79. The van der Waals surface area contributed by atoms with E-state index in [9.17, 15) is 25.0 Å². The van der Waals surface area contributed by atoms with E-state index in [1.165, 1.54) is 13.0 Å². The second-order valence-electron chi connectivity index (χ2n) is 5.16. The third kappa shape index (κ3) is 3.89. The topological polar surface area (TPSA) is 125 Å². The highest BCUT2D eigenvalue weighted by Crippen LogP contribution is 2.34. The van der Waals surface area contributed by atoms with E-state index in [0.29, 0.717) is 6.61 Å². The Morgan fingerprint density at radius 3 is 2.27 bits per heavy atom. The number of benzene rings is 2. The molecule has 136 valence electrons. The summed E-state index contributed by atoms with van der Waals surface area (Å²) >= 11 is 6.04. The van der Waals surface area contributed by atoms with Crippen molar-refractivity contribution in [2.45, 2.75) is 13.8 Å². The first-order chi connectivity index (χ1) is 12.3. The summed E-state index contributed by atoms with van der Waals surface area (Å²) < 4.78 is 5.38. The number of rotatable bonds is 6. The van der Waals surface area contributed by atoms with E-state index in [-0.39, 0.29) is 27.6 Å². The van der Waals surface area contributed by atoms with E-state index >= 15 is 0 Å². The number of nitro groups is 2. The zero-order valence-corrected chi connectivity index (χ0v) is 14.6. The van der Waals surface area contributed by atoms with Gasteiger partial charge in [0.2, 0.25) is 0 Å². The minimum atomic E-state index is -0.774. The Kier molecular flexibility index (Phi) is 5.73.